The molecule has 0 radical (unpaired) electrons. The van der Waals surface area contributed by atoms with Crippen LogP contribution in [0.25, 0.3) is 0 Å². The molecule has 0 aromatic heterocycles. The number of esters is 1. The fraction of sp³-hybridized carbons (Fsp3) is 0.300. The van der Waals surface area contributed by atoms with E-state index in [1.54, 1.807) is 0 Å². The first kappa shape index (κ1) is 20.0. The zero-order valence-electron chi connectivity index (χ0n) is 14.8. The van der Waals surface area contributed by atoms with Crippen LogP contribution in [0.5, 0.6) is 5.75 Å². The Bertz CT molecular complexity index is 746. The van der Waals surface area contributed by atoms with E-state index in [0.29, 0.717) is 0 Å². The van der Waals surface area contributed by atoms with Crippen LogP contribution >= 0.6 is 15.9 Å². The first-order chi connectivity index (χ1) is 12.5. The van der Waals surface area contributed by atoms with Gasteiger partial charge in [-0.05, 0) is 43.2 Å². The molecule has 1 amide bonds. The van der Waals surface area contributed by atoms with E-state index >= 15 is 0 Å². The van der Waals surface area contributed by atoms with Crippen molar-refractivity contribution in [3.05, 3.63) is 64.1 Å². The molecule has 138 valence electrons. The predicted molar refractivity (Wildman–Crippen MR) is 103 cm³/mol. The molecule has 2 aromatic carbocycles. The molecule has 0 unspecified atom stereocenters. The number of carbonyl (C=O) groups excluding carboxylic acids is 2. The molecule has 6 heteroatoms. The second-order valence-corrected chi connectivity index (χ2v) is 6.78. The zero-order valence-corrected chi connectivity index (χ0v) is 16.4. The number of aryl methyl sites for hydroxylation is 1. The molecule has 5 nitrogen and oxygen atoms in total. The average Bonchev–Trinajstić information content (AvgIpc) is 2.62. The highest BCUT2D eigenvalue weighted by Gasteiger charge is 2.12. The van der Waals surface area contributed by atoms with Crippen LogP contribution in [0.4, 0.5) is 0 Å². The molecule has 0 bridgehead atoms. The number of hydrogen-bond donors (Lipinski definition) is 1. The van der Waals surface area contributed by atoms with Crippen molar-refractivity contribution in [3.8, 4) is 5.75 Å². The van der Waals surface area contributed by atoms with Crippen molar-refractivity contribution in [1.29, 1.82) is 0 Å². The molecule has 1 atom stereocenters. The van der Waals surface area contributed by atoms with E-state index in [0.717, 1.165) is 21.3 Å². The predicted octanol–water partition coefficient (Wildman–Crippen LogP) is 3.95. The molecule has 2 rings (SSSR count). The molecule has 0 saturated heterocycles. The van der Waals surface area contributed by atoms with Gasteiger partial charge < -0.3 is 14.8 Å². The van der Waals surface area contributed by atoms with E-state index < -0.39 is 5.97 Å². The highest BCUT2D eigenvalue weighted by molar-refractivity contribution is 9.10. The maximum atomic E-state index is 11.9. The van der Waals surface area contributed by atoms with Gasteiger partial charge in [-0.15, -0.1) is 0 Å². The van der Waals surface area contributed by atoms with Gasteiger partial charge in [0.05, 0.1) is 19.1 Å². The normalized spacial score (nSPS) is 11.5. The first-order valence-electron chi connectivity index (χ1n) is 8.34. The molecule has 26 heavy (non-hydrogen) atoms. The number of halogens is 1. The average molecular weight is 420 g/mol. The minimum Gasteiger partial charge on any atom is -0.493 e. The van der Waals surface area contributed by atoms with Crippen molar-refractivity contribution in [3.63, 3.8) is 0 Å². The van der Waals surface area contributed by atoms with E-state index in [2.05, 4.69) is 21.2 Å². The third kappa shape index (κ3) is 6.52. The number of benzene rings is 2. The smallest absolute Gasteiger partial charge is 0.309 e. The third-order valence-electron chi connectivity index (χ3n) is 3.77. The standard InChI is InChI=1S/C20H22BrNO4/c1-14-5-3-4-6-18(14)25-12-11-20(24)26-13-19(23)22-15(2)16-7-9-17(21)10-8-16/h3-10,15H,11-13H2,1-2H3,(H,22,23)/t15-/m0/s1. The van der Waals surface area contributed by atoms with Crippen molar-refractivity contribution >= 4 is 27.8 Å². The number of amides is 1. The van der Waals surface area contributed by atoms with Crippen LogP contribution in [0.2, 0.25) is 0 Å². The number of carbonyl (C=O) groups is 2. The monoisotopic (exact) mass is 419 g/mol. The lowest BCUT2D eigenvalue weighted by atomic mass is 10.1. The van der Waals surface area contributed by atoms with Gasteiger partial charge in [0.2, 0.25) is 0 Å². The van der Waals surface area contributed by atoms with Crippen molar-refractivity contribution in [2.45, 2.75) is 26.3 Å². The lowest BCUT2D eigenvalue weighted by molar-refractivity contribution is -0.149. The Balaban J connectivity index is 1.67. The van der Waals surface area contributed by atoms with Crippen molar-refractivity contribution in [2.75, 3.05) is 13.2 Å². The van der Waals surface area contributed by atoms with Gasteiger partial charge in [0.1, 0.15) is 5.75 Å². The summed E-state index contributed by atoms with van der Waals surface area (Å²) in [6.07, 6.45) is 0.0872. The summed E-state index contributed by atoms with van der Waals surface area (Å²) in [5.41, 5.74) is 1.97. The Morgan fingerprint density at radius 1 is 1.12 bits per heavy atom. The SMILES string of the molecule is Cc1ccccc1OCCC(=O)OCC(=O)N[C@@H](C)c1ccc(Br)cc1. The van der Waals surface area contributed by atoms with Gasteiger partial charge in [-0.3, -0.25) is 9.59 Å². The second-order valence-electron chi connectivity index (χ2n) is 5.87. The molecule has 1 N–H and O–H groups in total. The Kier molecular flexibility index (Phi) is 7.66. The van der Waals surface area contributed by atoms with Crippen LogP contribution in [0.3, 0.4) is 0 Å². The van der Waals surface area contributed by atoms with Crippen molar-refractivity contribution < 1.29 is 19.1 Å². The summed E-state index contributed by atoms with van der Waals surface area (Å²) in [5, 5.41) is 2.80. The van der Waals surface area contributed by atoms with Gasteiger partial charge in [-0.25, -0.2) is 0 Å². The molecule has 0 saturated carbocycles. The molecule has 0 aliphatic carbocycles. The summed E-state index contributed by atoms with van der Waals surface area (Å²) >= 11 is 3.37. The van der Waals surface area contributed by atoms with E-state index in [1.807, 2.05) is 62.4 Å². The molecular weight excluding hydrogens is 398 g/mol. The molecule has 0 aliphatic heterocycles. The Labute approximate surface area is 161 Å². The summed E-state index contributed by atoms with van der Waals surface area (Å²) < 4.78 is 11.5. The minimum atomic E-state index is -0.468. The first-order valence-corrected chi connectivity index (χ1v) is 9.14. The maximum Gasteiger partial charge on any atom is 0.309 e. The number of para-hydroxylation sites is 1. The van der Waals surface area contributed by atoms with Crippen molar-refractivity contribution in [2.24, 2.45) is 0 Å². The summed E-state index contributed by atoms with van der Waals surface area (Å²) in [6, 6.07) is 15.1. The second kappa shape index (κ2) is 9.97. The van der Waals surface area contributed by atoms with Gasteiger partial charge in [-0.1, -0.05) is 46.3 Å². The van der Waals surface area contributed by atoms with Crippen LogP contribution in [0, 0.1) is 6.92 Å². The lowest BCUT2D eigenvalue weighted by Crippen LogP contribution is -2.31. The largest absolute Gasteiger partial charge is 0.493 e. The van der Waals surface area contributed by atoms with Gasteiger partial charge in [0.25, 0.3) is 5.91 Å². The van der Waals surface area contributed by atoms with E-state index in [4.69, 9.17) is 9.47 Å². The lowest BCUT2D eigenvalue weighted by Gasteiger charge is -2.14. The maximum absolute atomic E-state index is 11.9. The van der Waals surface area contributed by atoms with E-state index in [1.165, 1.54) is 0 Å². The number of hydrogen-bond acceptors (Lipinski definition) is 4. The molecule has 0 spiro atoms. The topological polar surface area (TPSA) is 64.6 Å². The fourth-order valence-corrected chi connectivity index (χ4v) is 2.56. The molecule has 0 aliphatic rings. The Hall–Kier alpha value is -2.34. The van der Waals surface area contributed by atoms with Crippen LogP contribution in [0.15, 0.2) is 53.0 Å². The fourth-order valence-electron chi connectivity index (χ4n) is 2.30. The van der Waals surface area contributed by atoms with Gasteiger partial charge in [0, 0.05) is 4.47 Å². The number of ether oxygens (including phenoxy) is 2. The van der Waals surface area contributed by atoms with Crippen LogP contribution < -0.4 is 10.1 Å². The highest BCUT2D eigenvalue weighted by Crippen LogP contribution is 2.17. The van der Waals surface area contributed by atoms with Gasteiger partial charge in [0.15, 0.2) is 6.61 Å². The minimum absolute atomic E-state index is 0.0872. The number of nitrogens with one attached hydrogen (secondary N) is 1. The Morgan fingerprint density at radius 2 is 1.81 bits per heavy atom. The molecule has 2 aromatic rings. The van der Waals surface area contributed by atoms with Crippen LogP contribution in [0.1, 0.15) is 30.5 Å². The molecule has 0 fully saturated rings. The summed E-state index contributed by atoms with van der Waals surface area (Å²) in [5.74, 6) is -0.0695. The third-order valence-corrected chi connectivity index (χ3v) is 4.30. The molecule has 0 heterocycles. The summed E-state index contributed by atoms with van der Waals surface area (Å²) in [7, 11) is 0. The summed E-state index contributed by atoms with van der Waals surface area (Å²) in [6.45, 7) is 3.72. The zero-order chi connectivity index (χ0) is 18.9. The van der Waals surface area contributed by atoms with Crippen LogP contribution in [-0.2, 0) is 14.3 Å². The summed E-state index contributed by atoms with van der Waals surface area (Å²) in [4.78, 5) is 23.6. The van der Waals surface area contributed by atoms with E-state index in [-0.39, 0.29) is 31.6 Å². The molecular formula is C20H22BrNO4. The van der Waals surface area contributed by atoms with Gasteiger partial charge in [-0.2, -0.15) is 0 Å². The highest BCUT2D eigenvalue weighted by atomic mass is 79.9. The van der Waals surface area contributed by atoms with Crippen molar-refractivity contribution in [1.82, 2.24) is 5.32 Å². The van der Waals surface area contributed by atoms with Crippen LogP contribution in [-0.4, -0.2) is 25.1 Å². The Morgan fingerprint density at radius 3 is 2.50 bits per heavy atom. The number of rotatable bonds is 8. The quantitative estimate of drug-likeness (QED) is 0.657. The van der Waals surface area contributed by atoms with E-state index in [9.17, 15) is 9.59 Å². The van der Waals surface area contributed by atoms with Gasteiger partial charge >= 0.3 is 5.97 Å².